The highest BCUT2D eigenvalue weighted by atomic mass is 32.1. The van der Waals surface area contributed by atoms with E-state index in [1.54, 1.807) is 42.0 Å². The molecule has 1 fully saturated rings. The van der Waals surface area contributed by atoms with Crippen molar-refractivity contribution in [1.82, 2.24) is 4.57 Å². The first-order chi connectivity index (χ1) is 14.6. The SMILES string of the molecule is COc1ccc(N=C2O/C(=C/c3sc(=S)n(CC4CCCO4)c3O)N=C2C#N)cc1. The van der Waals surface area contributed by atoms with Crippen LogP contribution in [0.1, 0.15) is 17.7 Å². The first kappa shape index (κ1) is 20.3. The quantitative estimate of drug-likeness (QED) is 0.697. The summed E-state index contributed by atoms with van der Waals surface area (Å²) in [6, 6.07) is 8.99. The number of ether oxygens (including phenoxy) is 3. The van der Waals surface area contributed by atoms with Gasteiger partial charge in [-0.2, -0.15) is 10.3 Å². The Labute approximate surface area is 182 Å². The van der Waals surface area contributed by atoms with E-state index < -0.39 is 0 Å². The van der Waals surface area contributed by atoms with Crippen molar-refractivity contribution in [3.63, 3.8) is 0 Å². The summed E-state index contributed by atoms with van der Waals surface area (Å²) in [5.41, 5.74) is 0.648. The normalized spacial score (nSPS) is 20.9. The van der Waals surface area contributed by atoms with Crippen LogP contribution < -0.4 is 4.74 Å². The Balaban J connectivity index is 1.57. The second kappa shape index (κ2) is 8.79. The van der Waals surface area contributed by atoms with Crippen molar-refractivity contribution in [2.75, 3.05) is 13.7 Å². The smallest absolute Gasteiger partial charge is 0.258 e. The predicted octanol–water partition coefficient (Wildman–Crippen LogP) is 4.20. The molecule has 0 aliphatic carbocycles. The van der Waals surface area contributed by atoms with Crippen LogP contribution in [0.2, 0.25) is 0 Å². The van der Waals surface area contributed by atoms with Gasteiger partial charge in [-0.3, -0.25) is 4.57 Å². The highest BCUT2D eigenvalue weighted by molar-refractivity contribution is 7.73. The molecule has 154 valence electrons. The van der Waals surface area contributed by atoms with E-state index in [0.29, 0.717) is 26.8 Å². The van der Waals surface area contributed by atoms with Crippen LogP contribution in [-0.4, -0.2) is 41.1 Å². The summed E-state index contributed by atoms with van der Waals surface area (Å²) >= 11 is 6.63. The number of hydrogen-bond acceptors (Lipinski definition) is 9. The molecule has 0 amide bonds. The summed E-state index contributed by atoms with van der Waals surface area (Å²) in [6.45, 7) is 1.23. The van der Waals surface area contributed by atoms with Crippen LogP contribution in [-0.2, 0) is 16.0 Å². The number of aliphatic imine (C=N–C) groups is 2. The summed E-state index contributed by atoms with van der Waals surface area (Å²) < 4.78 is 18.6. The lowest BCUT2D eigenvalue weighted by Crippen LogP contribution is -2.14. The summed E-state index contributed by atoms with van der Waals surface area (Å²) in [6.07, 6.45) is 3.55. The molecule has 8 nitrogen and oxygen atoms in total. The van der Waals surface area contributed by atoms with Crippen LogP contribution in [0.3, 0.4) is 0 Å². The Morgan fingerprint density at radius 3 is 2.93 bits per heavy atom. The first-order valence-electron chi connectivity index (χ1n) is 9.23. The summed E-state index contributed by atoms with van der Waals surface area (Å²) in [5, 5.41) is 20.0. The van der Waals surface area contributed by atoms with Gasteiger partial charge in [0, 0.05) is 12.7 Å². The van der Waals surface area contributed by atoms with Gasteiger partial charge in [-0.15, -0.1) is 11.3 Å². The number of aromatic nitrogens is 1. The lowest BCUT2D eigenvalue weighted by atomic mass is 10.2. The van der Waals surface area contributed by atoms with E-state index in [9.17, 15) is 10.4 Å². The van der Waals surface area contributed by atoms with Crippen LogP contribution in [0.5, 0.6) is 11.6 Å². The molecule has 1 saturated heterocycles. The van der Waals surface area contributed by atoms with Crippen molar-refractivity contribution in [3.05, 3.63) is 39.0 Å². The van der Waals surface area contributed by atoms with Crippen LogP contribution in [0, 0.1) is 15.3 Å². The fraction of sp³-hybridized carbons (Fsp3) is 0.300. The Hall–Kier alpha value is -3.00. The van der Waals surface area contributed by atoms with Gasteiger partial charge < -0.3 is 19.3 Å². The maximum Gasteiger partial charge on any atom is 0.258 e. The average Bonchev–Trinajstić information content (AvgIpc) is 3.46. The minimum absolute atomic E-state index is 0.0332. The zero-order chi connectivity index (χ0) is 21.1. The third-order valence-electron chi connectivity index (χ3n) is 4.59. The minimum Gasteiger partial charge on any atom is -0.497 e. The largest absolute Gasteiger partial charge is 0.497 e. The van der Waals surface area contributed by atoms with Gasteiger partial charge in [0.2, 0.25) is 17.5 Å². The molecule has 1 unspecified atom stereocenters. The fourth-order valence-electron chi connectivity index (χ4n) is 3.09. The second-order valence-electron chi connectivity index (χ2n) is 6.57. The van der Waals surface area contributed by atoms with Crippen LogP contribution in [0.15, 0.2) is 40.1 Å². The molecule has 10 heteroatoms. The molecule has 4 rings (SSSR count). The van der Waals surface area contributed by atoms with Crippen molar-refractivity contribution >= 4 is 46.9 Å². The Kier molecular flexibility index (Phi) is 5.94. The predicted molar refractivity (Wildman–Crippen MR) is 116 cm³/mol. The van der Waals surface area contributed by atoms with E-state index in [2.05, 4.69) is 9.98 Å². The lowest BCUT2D eigenvalue weighted by molar-refractivity contribution is 0.0948. The number of aromatic hydroxyl groups is 1. The van der Waals surface area contributed by atoms with Crippen molar-refractivity contribution in [1.29, 1.82) is 5.26 Å². The molecule has 1 aromatic heterocycles. The van der Waals surface area contributed by atoms with Gasteiger partial charge >= 0.3 is 0 Å². The van der Waals surface area contributed by atoms with Crippen molar-refractivity contribution < 1.29 is 19.3 Å². The molecule has 0 radical (unpaired) electrons. The third-order valence-corrected chi connectivity index (χ3v) is 5.98. The Morgan fingerprint density at radius 1 is 1.47 bits per heavy atom. The van der Waals surface area contributed by atoms with E-state index in [4.69, 9.17) is 26.4 Å². The topological polar surface area (TPSA) is 101 Å². The van der Waals surface area contributed by atoms with Gasteiger partial charge in [-0.05, 0) is 49.3 Å². The monoisotopic (exact) mass is 442 g/mol. The summed E-state index contributed by atoms with van der Waals surface area (Å²) in [4.78, 5) is 9.00. The molecule has 0 bridgehead atoms. The van der Waals surface area contributed by atoms with Gasteiger partial charge in [0.1, 0.15) is 11.8 Å². The molecular weight excluding hydrogens is 424 g/mol. The number of nitrogens with zero attached hydrogens (tertiary/aromatic N) is 4. The highest BCUT2D eigenvalue weighted by Crippen LogP contribution is 2.31. The van der Waals surface area contributed by atoms with Gasteiger partial charge in [0.25, 0.3) is 5.90 Å². The van der Waals surface area contributed by atoms with E-state index in [1.165, 1.54) is 11.3 Å². The van der Waals surface area contributed by atoms with Crippen molar-refractivity contribution in [2.45, 2.75) is 25.5 Å². The molecule has 1 atom stereocenters. The molecule has 30 heavy (non-hydrogen) atoms. The van der Waals surface area contributed by atoms with E-state index in [1.807, 2.05) is 6.07 Å². The van der Waals surface area contributed by atoms with E-state index in [0.717, 1.165) is 19.4 Å². The zero-order valence-corrected chi connectivity index (χ0v) is 17.7. The number of thiazole rings is 1. The highest BCUT2D eigenvalue weighted by Gasteiger charge is 2.24. The van der Waals surface area contributed by atoms with Gasteiger partial charge in [-0.25, -0.2) is 4.99 Å². The molecule has 1 aromatic carbocycles. The maximum absolute atomic E-state index is 10.6. The molecule has 3 heterocycles. The lowest BCUT2D eigenvalue weighted by Gasteiger charge is -2.10. The Morgan fingerprint density at radius 2 is 2.27 bits per heavy atom. The van der Waals surface area contributed by atoms with Crippen LogP contribution >= 0.6 is 23.6 Å². The molecule has 2 aliphatic rings. The number of nitriles is 1. The number of methoxy groups -OCH3 is 1. The van der Waals surface area contributed by atoms with Gasteiger partial charge in [0.05, 0.1) is 30.3 Å². The standard InChI is InChI=1S/C20H18N4O4S2/c1-26-13-6-4-12(5-7-13)22-18-15(10-21)23-17(28-18)9-16-19(25)24(20(29)30-16)11-14-3-2-8-27-14/h4-7,9,14,25H,2-3,8,11H2,1H3/b17-9+,22-18?. The molecule has 0 saturated carbocycles. The molecule has 2 aliphatic heterocycles. The van der Waals surface area contributed by atoms with Gasteiger partial charge in [-0.1, -0.05) is 0 Å². The summed E-state index contributed by atoms with van der Waals surface area (Å²) in [7, 11) is 1.58. The van der Waals surface area contributed by atoms with E-state index in [-0.39, 0.29) is 29.5 Å². The average molecular weight is 443 g/mol. The zero-order valence-electron chi connectivity index (χ0n) is 16.1. The third kappa shape index (κ3) is 4.28. The molecule has 2 aromatic rings. The fourth-order valence-corrected chi connectivity index (χ4v) is 4.34. The number of benzene rings is 1. The van der Waals surface area contributed by atoms with Crippen molar-refractivity contribution in [3.8, 4) is 17.7 Å². The van der Waals surface area contributed by atoms with E-state index >= 15 is 0 Å². The van der Waals surface area contributed by atoms with Gasteiger partial charge in [0.15, 0.2) is 3.95 Å². The number of rotatable bonds is 5. The Bertz CT molecular complexity index is 1130. The molecule has 0 spiro atoms. The second-order valence-corrected chi connectivity index (χ2v) is 8.25. The minimum atomic E-state index is 0.0332. The molecule has 1 N–H and O–H groups in total. The summed E-state index contributed by atoms with van der Waals surface area (Å²) in [5.74, 6) is 0.988. The van der Waals surface area contributed by atoms with Crippen LogP contribution in [0.25, 0.3) is 6.08 Å². The number of hydrogen-bond donors (Lipinski definition) is 1. The van der Waals surface area contributed by atoms with Crippen LogP contribution in [0.4, 0.5) is 5.69 Å². The first-order valence-corrected chi connectivity index (χ1v) is 10.5. The molecular formula is C20H18N4O4S2. The van der Waals surface area contributed by atoms with Crippen molar-refractivity contribution in [2.24, 2.45) is 9.98 Å². The maximum atomic E-state index is 10.6.